The lowest BCUT2D eigenvalue weighted by Crippen LogP contribution is -2.01. The fourth-order valence-corrected chi connectivity index (χ4v) is 8.41. The number of aromatic nitrogens is 3. The molecule has 0 bridgehead atoms. The van der Waals surface area contributed by atoms with Crippen LogP contribution in [0.1, 0.15) is 0 Å². The lowest BCUT2D eigenvalue weighted by atomic mass is 9.94. The molecule has 3 aromatic heterocycles. The molecule has 0 aliphatic carbocycles. The number of fused-ring (bicyclic) bond motifs is 10. The van der Waals surface area contributed by atoms with Crippen LogP contribution in [0.5, 0.6) is 0 Å². The lowest BCUT2D eigenvalue weighted by molar-refractivity contribution is 0.669. The molecule has 56 heavy (non-hydrogen) atoms. The molecule has 0 N–H and O–H groups in total. The van der Waals surface area contributed by atoms with Crippen LogP contribution in [-0.4, -0.2) is 15.0 Å². The molecule has 0 amide bonds. The Kier molecular flexibility index (Phi) is 6.56. The maximum Gasteiger partial charge on any atom is 0.167 e. The highest BCUT2D eigenvalue weighted by Gasteiger charge is 2.22. The van der Waals surface area contributed by atoms with Gasteiger partial charge in [0.25, 0.3) is 0 Å². The first-order valence-corrected chi connectivity index (χ1v) is 18.8. The summed E-state index contributed by atoms with van der Waals surface area (Å²) in [7, 11) is 0. The highest BCUT2D eigenvalue weighted by atomic mass is 16.3. The highest BCUT2D eigenvalue weighted by molar-refractivity contribution is 6.17. The molecule has 12 rings (SSSR count). The lowest BCUT2D eigenvalue weighted by Gasteiger charge is -2.12. The Labute approximate surface area is 320 Å². The van der Waals surface area contributed by atoms with Crippen LogP contribution in [0.15, 0.2) is 185 Å². The van der Waals surface area contributed by atoms with Gasteiger partial charge < -0.3 is 8.83 Å². The second-order valence-corrected chi connectivity index (χ2v) is 14.3. The standard InChI is InChI=1S/C51H29N3O2/c1-2-12-33-28-35(25-20-30(33)10-1)49-52-50(54-51(53-49)42-17-9-16-39-38-14-5-7-18-44(38)55-47(39)42)41-27-26-37(48-46(41)40-15-6-8-19-45(40)56-48)34-24-23-32-22-21-31-11-3-4-13-36(31)43(32)29-34/h1-29H. The van der Waals surface area contributed by atoms with Gasteiger partial charge in [-0.15, -0.1) is 0 Å². The molecule has 3 heterocycles. The summed E-state index contributed by atoms with van der Waals surface area (Å²) in [6.45, 7) is 0. The molecule has 0 radical (unpaired) electrons. The molecule has 0 aliphatic rings. The van der Waals surface area contributed by atoms with Gasteiger partial charge in [0.05, 0.1) is 5.56 Å². The zero-order valence-electron chi connectivity index (χ0n) is 29.9. The van der Waals surface area contributed by atoms with Crippen LogP contribution in [0.4, 0.5) is 0 Å². The van der Waals surface area contributed by atoms with Crippen LogP contribution < -0.4 is 0 Å². The highest BCUT2D eigenvalue weighted by Crippen LogP contribution is 2.43. The van der Waals surface area contributed by atoms with E-state index in [4.69, 9.17) is 23.8 Å². The summed E-state index contributed by atoms with van der Waals surface area (Å²) in [6.07, 6.45) is 0. The van der Waals surface area contributed by atoms with E-state index in [1.54, 1.807) is 0 Å². The monoisotopic (exact) mass is 715 g/mol. The largest absolute Gasteiger partial charge is 0.455 e. The molecule has 0 atom stereocenters. The average Bonchev–Trinajstić information content (AvgIpc) is 3.85. The molecule has 0 saturated carbocycles. The quantitative estimate of drug-likeness (QED) is 0.170. The van der Waals surface area contributed by atoms with Crippen molar-refractivity contribution < 1.29 is 8.83 Å². The van der Waals surface area contributed by atoms with E-state index >= 15 is 0 Å². The summed E-state index contributed by atoms with van der Waals surface area (Å²) in [4.78, 5) is 15.7. The van der Waals surface area contributed by atoms with Crippen molar-refractivity contribution in [1.82, 2.24) is 15.0 Å². The number of nitrogens with zero attached hydrogens (tertiary/aromatic N) is 3. The number of benzene rings is 9. The van der Waals surface area contributed by atoms with Crippen LogP contribution in [-0.2, 0) is 0 Å². The first-order valence-electron chi connectivity index (χ1n) is 18.8. The van der Waals surface area contributed by atoms with Crippen molar-refractivity contribution in [3.8, 4) is 45.3 Å². The third kappa shape index (κ3) is 4.71. The number of furan rings is 2. The van der Waals surface area contributed by atoms with Crippen molar-refractivity contribution in [2.75, 3.05) is 0 Å². The molecule has 9 aromatic carbocycles. The Morgan fingerprint density at radius 3 is 1.73 bits per heavy atom. The second kappa shape index (κ2) is 11.9. The van der Waals surface area contributed by atoms with Gasteiger partial charge >= 0.3 is 0 Å². The summed E-state index contributed by atoms with van der Waals surface area (Å²) >= 11 is 0. The fourth-order valence-electron chi connectivity index (χ4n) is 8.41. The topological polar surface area (TPSA) is 65.0 Å². The third-order valence-corrected chi connectivity index (χ3v) is 11.1. The SMILES string of the molecule is c1ccc2cc(-c3nc(-c4cccc5c4oc4ccccc45)nc(-c4ccc(-c5ccc6ccc7ccccc7c6c5)c5oc6ccccc6c45)n3)ccc2c1. The summed E-state index contributed by atoms with van der Waals surface area (Å²) in [5.41, 5.74) is 7.81. The molecule has 12 aromatic rings. The van der Waals surface area contributed by atoms with E-state index in [2.05, 4.69) is 133 Å². The van der Waals surface area contributed by atoms with Crippen LogP contribution in [0.3, 0.4) is 0 Å². The minimum absolute atomic E-state index is 0.536. The number of hydrogen-bond acceptors (Lipinski definition) is 5. The Hall–Kier alpha value is -7.63. The molecule has 5 heteroatoms. The average molecular weight is 716 g/mol. The summed E-state index contributed by atoms with van der Waals surface area (Å²) in [6, 6.07) is 61.1. The van der Waals surface area contributed by atoms with E-state index in [0.29, 0.717) is 17.5 Å². The van der Waals surface area contributed by atoms with Crippen LogP contribution in [0, 0.1) is 0 Å². The fraction of sp³-hybridized carbons (Fsp3) is 0. The van der Waals surface area contributed by atoms with Crippen molar-refractivity contribution >= 4 is 76.2 Å². The Morgan fingerprint density at radius 2 is 0.875 bits per heavy atom. The minimum atomic E-state index is 0.536. The van der Waals surface area contributed by atoms with Crippen LogP contribution in [0.2, 0.25) is 0 Å². The molecular formula is C51H29N3O2. The summed E-state index contributed by atoms with van der Waals surface area (Å²) in [5.74, 6) is 1.67. The molecule has 0 unspecified atom stereocenters. The van der Waals surface area contributed by atoms with Gasteiger partial charge in [-0.1, -0.05) is 133 Å². The van der Waals surface area contributed by atoms with E-state index in [1.165, 1.54) is 21.5 Å². The van der Waals surface area contributed by atoms with Gasteiger partial charge in [-0.2, -0.15) is 0 Å². The third-order valence-electron chi connectivity index (χ3n) is 11.1. The molecule has 0 saturated heterocycles. The Bertz CT molecular complexity index is 3560. The van der Waals surface area contributed by atoms with Crippen molar-refractivity contribution in [3.63, 3.8) is 0 Å². The summed E-state index contributed by atoms with van der Waals surface area (Å²) < 4.78 is 13.3. The van der Waals surface area contributed by atoms with E-state index in [9.17, 15) is 0 Å². The number of hydrogen-bond donors (Lipinski definition) is 0. The smallest absolute Gasteiger partial charge is 0.167 e. The van der Waals surface area contributed by atoms with Gasteiger partial charge in [0.1, 0.15) is 22.3 Å². The van der Waals surface area contributed by atoms with Crippen molar-refractivity contribution in [2.45, 2.75) is 0 Å². The van der Waals surface area contributed by atoms with Gasteiger partial charge in [0, 0.05) is 38.2 Å². The van der Waals surface area contributed by atoms with Gasteiger partial charge in [-0.3, -0.25) is 0 Å². The van der Waals surface area contributed by atoms with Gasteiger partial charge in [-0.05, 0) is 80.3 Å². The molecule has 5 nitrogen and oxygen atoms in total. The summed E-state index contributed by atoms with van der Waals surface area (Å²) in [5, 5.41) is 11.1. The molecule has 0 aliphatic heterocycles. The van der Waals surface area contributed by atoms with Crippen molar-refractivity contribution in [2.24, 2.45) is 0 Å². The van der Waals surface area contributed by atoms with E-state index in [1.807, 2.05) is 42.5 Å². The predicted octanol–water partition coefficient (Wildman–Crippen LogP) is 13.8. The number of para-hydroxylation sites is 3. The Balaban J connectivity index is 1.13. The first-order chi connectivity index (χ1) is 27.7. The first kappa shape index (κ1) is 30.8. The van der Waals surface area contributed by atoms with Crippen molar-refractivity contribution in [1.29, 1.82) is 0 Å². The van der Waals surface area contributed by atoms with Gasteiger partial charge in [0.15, 0.2) is 17.5 Å². The maximum absolute atomic E-state index is 6.78. The molecule has 0 spiro atoms. The van der Waals surface area contributed by atoms with Crippen molar-refractivity contribution in [3.05, 3.63) is 176 Å². The van der Waals surface area contributed by atoms with Crippen LogP contribution in [0.25, 0.3) is 121 Å². The molecule has 0 fully saturated rings. The zero-order valence-corrected chi connectivity index (χ0v) is 29.9. The zero-order chi connectivity index (χ0) is 36.7. The van der Waals surface area contributed by atoms with Gasteiger partial charge in [-0.25, -0.2) is 15.0 Å². The van der Waals surface area contributed by atoms with Gasteiger partial charge in [0.2, 0.25) is 0 Å². The minimum Gasteiger partial charge on any atom is -0.455 e. The van der Waals surface area contributed by atoms with E-state index in [-0.39, 0.29) is 0 Å². The normalized spacial score (nSPS) is 11.9. The molecule has 260 valence electrons. The second-order valence-electron chi connectivity index (χ2n) is 14.3. The van der Waals surface area contributed by atoms with Crippen LogP contribution >= 0.6 is 0 Å². The van der Waals surface area contributed by atoms with E-state index in [0.717, 1.165) is 82.5 Å². The molecular weight excluding hydrogens is 687 g/mol. The Morgan fingerprint density at radius 1 is 0.304 bits per heavy atom. The predicted molar refractivity (Wildman–Crippen MR) is 229 cm³/mol. The number of rotatable bonds is 4. The maximum atomic E-state index is 6.78. The van der Waals surface area contributed by atoms with E-state index < -0.39 is 0 Å².